The van der Waals surface area contributed by atoms with Crippen LogP contribution in [0.2, 0.25) is 5.02 Å². The van der Waals surface area contributed by atoms with Crippen LogP contribution in [0.3, 0.4) is 0 Å². The van der Waals surface area contributed by atoms with E-state index in [-0.39, 0.29) is 0 Å². The molecular formula is C15H22BrClN2. The molecule has 0 aliphatic heterocycles. The third-order valence-electron chi connectivity index (χ3n) is 4.16. The molecule has 0 radical (unpaired) electrons. The summed E-state index contributed by atoms with van der Waals surface area (Å²) in [6, 6.07) is 7.41. The molecule has 19 heavy (non-hydrogen) atoms. The maximum Gasteiger partial charge on any atom is 0.0410 e. The van der Waals surface area contributed by atoms with Gasteiger partial charge >= 0.3 is 0 Å². The normalized spacial score (nSPS) is 23.8. The molecule has 1 aliphatic carbocycles. The Morgan fingerprint density at radius 1 is 1.32 bits per heavy atom. The summed E-state index contributed by atoms with van der Waals surface area (Å²) in [7, 11) is 4.29. The largest absolute Gasteiger partial charge is 0.317 e. The molecule has 0 saturated heterocycles. The van der Waals surface area contributed by atoms with Gasteiger partial charge in [0.15, 0.2) is 0 Å². The van der Waals surface area contributed by atoms with Crippen molar-refractivity contribution in [2.45, 2.75) is 44.3 Å². The van der Waals surface area contributed by atoms with Gasteiger partial charge in [-0.25, -0.2) is 0 Å². The first-order chi connectivity index (χ1) is 9.10. The van der Waals surface area contributed by atoms with Crippen LogP contribution in [0.15, 0.2) is 22.7 Å². The molecule has 0 unspecified atom stereocenters. The Labute approximate surface area is 129 Å². The quantitative estimate of drug-likeness (QED) is 0.885. The van der Waals surface area contributed by atoms with Gasteiger partial charge in [-0.1, -0.05) is 27.5 Å². The van der Waals surface area contributed by atoms with Crippen molar-refractivity contribution in [3.63, 3.8) is 0 Å². The summed E-state index contributed by atoms with van der Waals surface area (Å²) in [5, 5.41) is 4.20. The highest BCUT2D eigenvalue weighted by atomic mass is 79.9. The first-order valence-electron chi connectivity index (χ1n) is 6.91. The van der Waals surface area contributed by atoms with E-state index in [0.29, 0.717) is 12.1 Å². The molecule has 0 aromatic heterocycles. The van der Waals surface area contributed by atoms with Crippen LogP contribution in [0.5, 0.6) is 0 Å². The van der Waals surface area contributed by atoms with Crippen molar-refractivity contribution >= 4 is 27.5 Å². The lowest BCUT2D eigenvalue weighted by atomic mass is 9.90. The van der Waals surface area contributed by atoms with Gasteiger partial charge in [-0.3, -0.25) is 4.90 Å². The fraction of sp³-hybridized carbons (Fsp3) is 0.600. The molecule has 106 valence electrons. The van der Waals surface area contributed by atoms with Crippen molar-refractivity contribution in [3.8, 4) is 0 Å². The van der Waals surface area contributed by atoms with Crippen molar-refractivity contribution in [2.75, 3.05) is 14.1 Å². The lowest BCUT2D eigenvalue weighted by molar-refractivity contribution is 0.169. The summed E-state index contributed by atoms with van der Waals surface area (Å²) in [6.07, 6.45) is 5.12. The van der Waals surface area contributed by atoms with E-state index in [0.717, 1.165) is 16.0 Å². The third-order valence-corrected chi connectivity index (χ3v) is 5.16. The van der Waals surface area contributed by atoms with E-state index in [2.05, 4.69) is 46.3 Å². The number of hydrogen-bond donors (Lipinski definition) is 1. The number of nitrogens with one attached hydrogen (secondary N) is 1. The van der Waals surface area contributed by atoms with Gasteiger partial charge in [0.1, 0.15) is 0 Å². The average molecular weight is 346 g/mol. The molecule has 1 aromatic rings. The molecule has 0 bridgehead atoms. The highest BCUT2D eigenvalue weighted by molar-refractivity contribution is 9.10. The zero-order valence-electron chi connectivity index (χ0n) is 11.6. The summed E-state index contributed by atoms with van der Waals surface area (Å²) in [5.74, 6) is 0. The monoisotopic (exact) mass is 344 g/mol. The van der Waals surface area contributed by atoms with Crippen LogP contribution in [0.4, 0.5) is 0 Å². The zero-order chi connectivity index (χ0) is 13.8. The summed E-state index contributed by atoms with van der Waals surface area (Å²) < 4.78 is 1.15. The summed E-state index contributed by atoms with van der Waals surface area (Å²) in [6.45, 7) is 0.954. The van der Waals surface area contributed by atoms with Crippen LogP contribution in [-0.2, 0) is 6.54 Å². The fourth-order valence-corrected chi connectivity index (χ4v) is 3.43. The minimum absolute atomic E-state index is 0.690. The van der Waals surface area contributed by atoms with Gasteiger partial charge in [-0.2, -0.15) is 0 Å². The Morgan fingerprint density at radius 2 is 2.00 bits per heavy atom. The number of hydrogen-bond acceptors (Lipinski definition) is 2. The molecule has 0 spiro atoms. The Balaban J connectivity index is 1.94. The van der Waals surface area contributed by atoms with Crippen molar-refractivity contribution in [1.82, 2.24) is 10.2 Å². The molecule has 4 heteroatoms. The lowest BCUT2D eigenvalue weighted by Gasteiger charge is -2.34. The smallest absolute Gasteiger partial charge is 0.0410 e. The lowest BCUT2D eigenvalue weighted by Crippen LogP contribution is -2.39. The van der Waals surface area contributed by atoms with E-state index < -0.39 is 0 Å². The van der Waals surface area contributed by atoms with E-state index in [4.69, 9.17) is 11.6 Å². The summed E-state index contributed by atoms with van der Waals surface area (Å²) in [5.41, 5.74) is 1.27. The Kier molecular flexibility index (Phi) is 5.70. The predicted octanol–water partition coefficient (Wildman–Crippen LogP) is 4.06. The molecule has 1 fully saturated rings. The van der Waals surface area contributed by atoms with Crippen molar-refractivity contribution in [1.29, 1.82) is 0 Å². The second kappa shape index (κ2) is 7.07. The maximum absolute atomic E-state index is 6.08. The van der Waals surface area contributed by atoms with Gasteiger partial charge in [0.2, 0.25) is 0 Å². The molecule has 1 N–H and O–H groups in total. The van der Waals surface area contributed by atoms with Crippen LogP contribution in [0.1, 0.15) is 31.2 Å². The van der Waals surface area contributed by atoms with Crippen molar-refractivity contribution in [2.24, 2.45) is 0 Å². The molecule has 2 rings (SSSR count). The molecule has 2 nitrogen and oxygen atoms in total. The fourth-order valence-electron chi connectivity index (χ4n) is 2.87. The molecule has 1 aromatic carbocycles. The summed E-state index contributed by atoms with van der Waals surface area (Å²) in [4.78, 5) is 2.46. The maximum atomic E-state index is 6.08. The average Bonchev–Trinajstić information content (AvgIpc) is 2.43. The van der Waals surface area contributed by atoms with Crippen LogP contribution in [-0.4, -0.2) is 31.1 Å². The second-order valence-electron chi connectivity index (χ2n) is 5.44. The second-order valence-corrected chi connectivity index (χ2v) is 6.74. The van der Waals surface area contributed by atoms with Crippen LogP contribution >= 0.6 is 27.5 Å². The topological polar surface area (TPSA) is 15.3 Å². The first kappa shape index (κ1) is 15.3. The Hall–Kier alpha value is -0.0900. The third kappa shape index (κ3) is 4.19. The SMILES string of the molecule is CNC1CCC(N(C)Cc2cc(Cl)ccc2Br)CC1. The van der Waals surface area contributed by atoms with Crippen LogP contribution < -0.4 is 5.32 Å². The highest BCUT2D eigenvalue weighted by Crippen LogP contribution is 2.26. The molecular weight excluding hydrogens is 324 g/mol. The van der Waals surface area contributed by atoms with Gasteiger partial charge in [0.05, 0.1) is 0 Å². The number of rotatable bonds is 4. The minimum atomic E-state index is 0.690. The van der Waals surface area contributed by atoms with E-state index in [1.54, 1.807) is 0 Å². The highest BCUT2D eigenvalue weighted by Gasteiger charge is 2.23. The molecule has 1 saturated carbocycles. The van der Waals surface area contributed by atoms with E-state index in [9.17, 15) is 0 Å². The van der Waals surface area contributed by atoms with Crippen LogP contribution in [0.25, 0.3) is 0 Å². The minimum Gasteiger partial charge on any atom is -0.317 e. The molecule has 0 amide bonds. The van der Waals surface area contributed by atoms with E-state index in [1.165, 1.54) is 31.2 Å². The zero-order valence-corrected chi connectivity index (χ0v) is 14.0. The molecule has 1 aliphatic rings. The van der Waals surface area contributed by atoms with Gasteiger partial charge < -0.3 is 5.32 Å². The Morgan fingerprint density at radius 3 is 2.63 bits per heavy atom. The first-order valence-corrected chi connectivity index (χ1v) is 8.08. The number of nitrogens with zero attached hydrogens (tertiary/aromatic N) is 1. The van der Waals surface area contributed by atoms with Gasteiger partial charge in [-0.05, 0) is 63.5 Å². The van der Waals surface area contributed by atoms with Gasteiger partial charge in [0.25, 0.3) is 0 Å². The predicted molar refractivity (Wildman–Crippen MR) is 85.7 cm³/mol. The Bertz CT molecular complexity index is 417. The standard InChI is InChI=1S/C15H22BrClN2/c1-18-13-4-6-14(7-5-13)19(2)10-11-9-12(17)3-8-15(11)16/h3,8-9,13-14,18H,4-7,10H2,1-2H3. The number of halogens is 2. The van der Waals surface area contributed by atoms with Crippen molar-refractivity contribution < 1.29 is 0 Å². The molecule has 0 atom stereocenters. The van der Waals surface area contributed by atoms with Gasteiger partial charge in [0, 0.05) is 28.1 Å². The summed E-state index contributed by atoms with van der Waals surface area (Å²) >= 11 is 9.68. The number of benzene rings is 1. The van der Waals surface area contributed by atoms with Crippen LogP contribution in [0, 0.1) is 0 Å². The molecule has 0 heterocycles. The van der Waals surface area contributed by atoms with Gasteiger partial charge in [-0.15, -0.1) is 0 Å². The van der Waals surface area contributed by atoms with E-state index in [1.807, 2.05) is 12.1 Å². The van der Waals surface area contributed by atoms with E-state index >= 15 is 0 Å². The van der Waals surface area contributed by atoms with Crippen molar-refractivity contribution in [3.05, 3.63) is 33.3 Å².